The Bertz CT molecular complexity index is 559. The van der Waals surface area contributed by atoms with E-state index >= 15 is 0 Å². The van der Waals surface area contributed by atoms with Gasteiger partial charge in [-0.05, 0) is 9.91 Å². The molecule has 1 heterocycles. The normalized spacial score (nSPS) is 11.5. The van der Waals surface area contributed by atoms with Gasteiger partial charge in [-0.2, -0.15) is 0 Å². The molecule has 1 rings (SSSR count). The Balaban J connectivity index is 3.53. The van der Waals surface area contributed by atoms with Gasteiger partial charge >= 0.3 is 23.8 Å². The summed E-state index contributed by atoms with van der Waals surface area (Å²) >= 11 is 0. The minimum Gasteiger partial charge on any atom is -0.475 e. The van der Waals surface area contributed by atoms with Crippen LogP contribution >= 0.6 is 0 Å². The van der Waals surface area contributed by atoms with Crippen LogP contribution in [-0.4, -0.2) is 27.3 Å². The lowest BCUT2D eigenvalue weighted by molar-refractivity contribution is -0.391. The number of alkyl halides is 5. The Kier molecular flexibility index (Phi) is 4.06. The highest BCUT2D eigenvalue weighted by Gasteiger charge is 2.38. The van der Waals surface area contributed by atoms with Crippen LogP contribution in [0.15, 0.2) is 6.07 Å². The summed E-state index contributed by atoms with van der Waals surface area (Å²) in [6.45, 7) is 0. The van der Waals surface area contributed by atoms with E-state index in [0.717, 1.165) is 0 Å². The van der Waals surface area contributed by atoms with Gasteiger partial charge in [0.2, 0.25) is 0 Å². The van der Waals surface area contributed by atoms with Gasteiger partial charge in [-0.3, -0.25) is 0 Å². The molecule has 20 heavy (non-hydrogen) atoms. The Morgan fingerprint density at radius 3 is 2.35 bits per heavy atom. The van der Waals surface area contributed by atoms with E-state index in [9.17, 15) is 36.9 Å². The van der Waals surface area contributed by atoms with Crippen molar-refractivity contribution in [2.45, 2.75) is 12.8 Å². The highest BCUT2D eigenvalue weighted by atomic mass is 19.4. The molecule has 0 saturated heterocycles. The third-order valence-electron chi connectivity index (χ3n) is 1.83. The van der Waals surface area contributed by atoms with Gasteiger partial charge in [0, 0.05) is 6.07 Å². The number of rotatable bonds is 4. The molecule has 1 aromatic rings. The first-order chi connectivity index (χ1) is 9.03. The van der Waals surface area contributed by atoms with Crippen molar-refractivity contribution < 1.29 is 41.5 Å². The lowest BCUT2D eigenvalue weighted by Gasteiger charge is -2.10. The summed E-state index contributed by atoms with van der Waals surface area (Å²) in [5, 5.41) is 19.0. The molecule has 0 radical (unpaired) electrons. The molecule has 0 atom stereocenters. The monoisotopic (exact) mass is 302 g/mol. The molecule has 0 aliphatic carbocycles. The SMILES string of the molecule is O=C(O)c1nc([N+](=O)[O-])c(C(F)F)cc1OC(F)(F)F. The van der Waals surface area contributed by atoms with E-state index in [1.165, 1.54) is 0 Å². The Morgan fingerprint density at radius 1 is 1.45 bits per heavy atom. The van der Waals surface area contributed by atoms with Crippen LogP contribution in [0.3, 0.4) is 0 Å². The zero-order chi connectivity index (χ0) is 15.7. The van der Waals surface area contributed by atoms with E-state index in [-0.39, 0.29) is 6.07 Å². The second kappa shape index (κ2) is 5.22. The Hall–Kier alpha value is -2.53. The second-order valence-electron chi connectivity index (χ2n) is 3.16. The molecule has 0 unspecified atom stereocenters. The number of aromatic carboxylic acids is 1. The van der Waals surface area contributed by atoms with Crippen molar-refractivity contribution in [2.24, 2.45) is 0 Å². The molecule has 0 spiro atoms. The molecule has 0 aliphatic heterocycles. The van der Waals surface area contributed by atoms with E-state index in [1.807, 2.05) is 0 Å². The molecule has 1 N–H and O–H groups in total. The number of hydrogen-bond donors (Lipinski definition) is 1. The fraction of sp³-hybridized carbons (Fsp3) is 0.250. The van der Waals surface area contributed by atoms with Crippen LogP contribution in [0.4, 0.5) is 27.8 Å². The molecule has 1 aromatic heterocycles. The number of carboxylic acid groups (broad SMARTS) is 1. The number of carbonyl (C=O) groups is 1. The minimum atomic E-state index is -5.37. The largest absolute Gasteiger partial charge is 0.573 e. The molecule has 12 heteroatoms. The fourth-order valence-electron chi connectivity index (χ4n) is 1.16. The van der Waals surface area contributed by atoms with Gasteiger partial charge in [-0.1, -0.05) is 0 Å². The van der Waals surface area contributed by atoms with Gasteiger partial charge in [0.25, 0.3) is 6.43 Å². The van der Waals surface area contributed by atoms with Crippen LogP contribution in [0.25, 0.3) is 0 Å². The second-order valence-corrected chi connectivity index (χ2v) is 3.16. The smallest absolute Gasteiger partial charge is 0.475 e. The van der Waals surface area contributed by atoms with Gasteiger partial charge in [0.15, 0.2) is 5.75 Å². The van der Waals surface area contributed by atoms with Crippen LogP contribution in [0.2, 0.25) is 0 Å². The summed E-state index contributed by atoms with van der Waals surface area (Å²) < 4.78 is 64.3. The van der Waals surface area contributed by atoms with Crippen molar-refractivity contribution in [3.63, 3.8) is 0 Å². The van der Waals surface area contributed by atoms with Gasteiger partial charge in [-0.25, -0.2) is 13.6 Å². The quantitative estimate of drug-likeness (QED) is 0.521. The van der Waals surface area contributed by atoms with E-state index < -0.39 is 46.5 Å². The van der Waals surface area contributed by atoms with Crippen LogP contribution < -0.4 is 4.74 Å². The average molecular weight is 302 g/mol. The molecule has 0 bridgehead atoms. The molecule has 0 saturated carbocycles. The number of pyridine rings is 1. The molecule has 0 aliphatic rings. The molecule has 0 aromatic carbocycles. The van der Waals surface area contributed by atoms with Gasteiger partial charge in [0.1, 0.15) is 5.56 Å². The van der Waals surface area contributed by atoms with Crippen molar-refractivity contribution in [3.05, 3.63) is 27.4 Å². The Labute approximate surface area is 105 Å². The van der Waals surface area contributed by atoms with Gasteiger partial charge < -0.3 is 20.0 Å². The van der Waals surface area contributed by atoms with E-state index in [0.29, 0.717) is 0 Å². The number of aromatic nitrogens is 1. The predicted octanol–water partition coefficient (Wildman–Crippen LogP) is 2.52. The third kappa shape index (κ3) is 3.49. The first-order valence-electron chi connectivity index (χ1n) is 4.49. The van der Waals surface area contributed by atoms with Crippen LogP contribution in [0.5, 0.6) is 5.75 Å². The molecular weight excluding hydrogens is 299 g/mol. The molecule has 110 valence electrons. The summed E-state index contributed by atoms with van der Waals surface area (Å²) in [4.78, 5) is 22.3. The maximum Gasteiger partial charge on any atom is 0.573 e. The summed E-state index contributed by atoms with van der Waals surface area (Å²) in [6, 6.07) is -0.0766. The topological polar surface area (TPSA) is 103 Å². The third-order valence-corrected chi connectivity index (χ3v) is 1.83. The number of nitrogens with zero attached hydrogens (tertiary/aromatic N) is 2. The zero-order valence-electron chi connectivity index (χ0n) is 9.02. The zero-order valence-corrected chi connectivity index (χ0v) is 9.02. The Morgan fingerprint density at radius 2 is 2.00 bits per heavy atom. The van der Waals surface area contributed by atoms with Gasteiger partial charge in [-0.15, -0.1) is 13.2 Å². The van der Waals surface area contributed by atoms with Crippen LogP contribution in [0, 0.1) is 10.1 Å². The fourth-order valence-corrected chi connectivity index (χ4v) is 1.16. The lowest BCUT2D eigenvalue weighted by Crippen LogP contribution is -2.20. The van der Waals surface area contributed by atoms with E-state index in [2.05, 4.69) is 9.72 Å². The molecule has 0 fully saturated rings. The standard InChI is InChI=1S/C8H3F5N2O5/c9-5(10)2-1-3(20-8(11,12)13)4(7(16)17)14-6(2)15(18)19/h1,5H,(H,16,17). The lowest BCUT2D eigenvalue weighted by atomic mass is 10.2. The van der Waals surface area contributed by atoms with Crippen molar-refractivity contribution in [2.75, 3.05) is 0 Å². The number of ether oxygens (including phenoxy) is 1. The number of nitro groups is 1. The first-order valence-corrected chi connectivity index (χ1v) is 4.49. The van der Waals surface area contributed by atoms with Crippen LogP contribution in [-0.2, 0) is 0 Å². The van der Waals surface area contributed by atoms with E-state index in [1.54, 1.807) is 0 Å². The summed E-state index contributed by atoms with van der Waals surface area (Å²) in [7, 11) is 0. The van der Waals surface area contributed by atoms with Gasteiger partial charge in [0.05, 0.1) is 0 Å². The maximum absolute atomic E-state index is 12.5. The van der Waals surface area contributed by atoms with Crippen molar-refractivity contribution >= 4 is 11.8 Å². The highest BCUT2D eigenvalue weighted by molar-refractivity contribution is 5.89. The molecule has 0 amide bonds. The predicted molar refractivity (Wildman–Crippen MR) is 49.5 cm³/mol. The number of hydrogen-bond acceptors (Lipinski definition) is 5. The van der Waals surface area contributed by atoms with E-state index in [4.69, 9.17) is 5.11 Å². The summed E-state index contributed by atoms with van der Waals surface area (Å²) in [6.07, 6.45) is -8.91. The highest BCUT2D eigenvalue weighted by Crippen LogP contribution is 2.34. The van der Waals surface area contributed by atoms with Crippen molar-refractivity contribution in [1.82, 2.24) is 4.98 Å². The molecular formula is C8H3F5N2O5. The van der Waals surface area contributed by atoms with Crippen molar-refractivity contribution in [3.8, 4) is 5.75 Å². The average Bonchev–Trinajstić information content (AvgIpc) is 2.25. The van der Waals surface area contributed by atoms with Crippen molar-refractivity contribution in [1.29, 1.82) is 0 Å². The number of halogens is 5. The van der Waals surface area contributed by atoms with Crippen LogP contribution in [0.1, 0.15) is 22.5 Å². The minimum absolute atomic E-state index is 0.0766. The summed E-state index contributed by atoms with van der Waals surface area (Å²) in [5.41, 5.74) is -2.99. The first kappa shape index (κ1) is 15.5. The summed E-state index contributed by atoms with van der Waals surface area (Å²) in [5.74, 6) is -5.23. The maximum atomic E-state index is 12.5. The molecule has 7 nitrogen and oxygen atoms in total. The number of carboxylic acids is 1.